The second-order valence-electron chi connectivity index (χ2n) is 4.10. The summed E-state index contributed by atoms with van der Waals surface area (Å²) in [7, 11) is 0. The summed E-state index contributed by atoms with van der Waals surface area (Å²) in [5.41, 5.74) is 0.601. The fraction of sp³-hybridized carbons (Fsp3) is 0.0625. The molecule has 0 spiro atoms. The zero-order valence-corrected chi connectivity index (χ0v) is 12.2. The Labute approximate surface area is 125 Å². The molecule has 0 unspecified atom stereocenters. The lowest BCUT2D eigenvalue weighted by molar-refractivity contribution is -0.116. The number of carbonyl (C=O) groups excluding carboxylic acids is 1. The number of hydrogen-bond acceptors (Lipinski definition) is 3. The number of hydrogen-bond donors (Lipinski definition) is 1. The molecule has 0 aromatic heterocycles. The van der Waals surface area contributed by atoms with Crippen LogP contribution >= 0.6 is 15.9 Å². The van der Waals surface area contributed by atoms with Crippen LogP contribution in [0.4, 0.5) is 0 Å². The number of aliphatic hydroxyl groups excluding tert-OH is 1. The van der Waals surface area contributed by atoms with Gasteiger partial charge >= 0.3 is 0 Å². The number of ketones is 1. The molecule has 0 fully saturated rings. The van der Waals surface area contributed by atoms with Crippen LogP contribution in [0.1, 0.15) is 5.56 Å². The molecule has 0 atom stereocenters. The molecular weight excluding hydrogens is 320 g/mol. The summed E-state index contributed by atoms with van der Waals surface area (Å²) in [6.07, 6.45) is 1.17. The molecule has 0 bridgehead atoms. The molecular formula is C16H13BrO3. The van der Waals surface area contributed by atoms with E-state index in [1.165, 1.54) is 6.08 Å². The zero-order chi connectivity index (χ0) is 14.4. The fourth-order valence-corrected chi connectivity index (χ4v) is 1.84. The monoisotopic (exact) mass is 332 g/mol. The van der Waals surface area contributed by atoms with Crippen LogP contribution in [0.2, 0.25) is 0 Å². The molecule has 0 radical (unpaired) electrons. The highest BCUT2D eigenvalue weighted by Crippen LogP contribution is 2.16. The maximum atomic E-state index is 11.7. The Balaban J connectivity index is 1.94. The van der Waals surface area contributed by atoms with Crippen LogP contribution in [-0.4, -0.2) is 17.5 Å². The smallest absolute Gasteiger partial charge is 0.196 e. The van der Waals surface area contributed by atoms with Gasteiger partial charge in [-0.2, -0.15) is 0 Å². The van der Waals surface area contributed by atoms with E-state index < -0.39 is 0 Å². The average Bonchev–Trinajstić information content (AvgIpc) is 2.47. The highest BCUT2D eigenvalue weighted by molar-refractivity contribution is 9.10. The van der Waals surface area contributed by atoms with Crippen LogP contribution in [0.25, 0.3) is 5.76 Å². The van der Waals surface area contributed by atoms with Crippen LogP contribution in [0.15, 0.2) is 65.1 Å². The van der Waals surface area contributed by atoms with Crippen LogP contribution in [0.5, 0.6) is 5.75 Å². The Bertz CT molecular complexity index is 603. The van der Waals surface area contributed by atoms with Gasteiger partial charge < -0.3 is 9.84 Å². The van der Waals surface area contributed by atoms with E-state index in [4.69, 9.17) is 4.74 Å². The second-order valence-corrected chi connectivity index (χ2v) is 5.02. The van der Waals surface area contributed by atoms with Crippen molar-refractivity contribution in [2.24, 2.45) is 0 Å². The lowest BCUT2D eigenvalue weighted by Gasteiger charge is -2.04. The molecule has 0 saturated carbocycles. The minimum absolute atomic E-state index is 0.0602. The topological polar surface area (TPSA) is 46.5 Å². The van der Waals surface area contributed by atoms with E-state index in [2.05, 4.69) is 15.9 Å². The lowest BCUT2D eigenvalue weighted by Crippen LogP contribution is -2.09. The second kappa shape index (κ2) is 6.91. The summed E-state index contributed by atoms with van der Waals surface area (Å²) < 4.78 is 6.28. The van der Waals surface area contributed by atoms with Gasteiger partial charge in [-0.1, -0.05) is 46.3 Å². The van der Waals surface area contributed by atoms with Crippen LogP contribution in [0.3, 0.4) is 0 Å². The summed E-state index contributed by atoms with van der Waals surface area (Å²) in [5.74, 6) is 0.249. The highest BCUT2D eigenvalue weighted by Gasteiger charge is 2.04. The van der Waals surface area contributed by atoms with Crippen molar-refractivity contribution >= 4 is 27.5 Å². The van der Waals surface area contributed by atoms with Crippen molar-refractivity contribution in [3.05, 3.63) is 70.7 Å². The maximum Gasteiger partial charge on any atom is 0.196 e. The normalized spacial score (nSPS) is 11.2. The minimum atomic E-state index is -0.297. The molecule has 0 aliphatic heterocycles. The van der Waals surface area contributed by atoms with E-state index in [-0.39, 0.29) is 18.1 Å². The van der Waals surface area contributed by atoms with E-state index in [0.717, 1.165) is 4.47 Å². The third-order valence-electron chi connectivity index (χ3n) is 2.56. The number of ether oxygens (including phenoxy) is 1. The highest BCUT2D eigenvalue weighted by atomic mass is 79.9. The van der Waals surface area contributed by atoms with Gasteiger partial charge in [0.2, 0.25) is 0 Å². The summed E-state index contributed by atoms with van der Waals surface area (Å²) in [6, 6.07) is 16.1. The first-order valence-corrected chi connectivity index (χ1v) is 6.82. The van der Waals surface area contributed by atoms with E-state index >= 15 is 0 Å². The van der Waals surface area contributed by atoms with Crippen molar-refractivity contribution in [3.8, 4) is 5.75 Å². The first-order valence-electron chi connectivity index (χ1n) is 6.02. The van der Waals surface area contributed by atoms with Gasteiger partial charge in [-0.25, -0.2) is 0 Å². The van der Waals surface area contributed by atoms with Gasteiger partial charge in [-0.3, -0.25) is 4.79 Å². The summed E-state index contributed by atoms with van der Waals surface area (Å²) in [4.78, 5) is 11.7. The standard InChI is InChI=1S/C16H13BrO3/c17-13-6-8-15(9-7-13)20-11-14(18)10-16(19)12-4-2-1-3-5-12/h1-10,19H,11H2. The van der Waals surface area contributed by atoms with E-state index in [0.29, 0.717) is 11.3 Å². The SMILES string of the molecule is O=C(C=C(O)c1ccccc1)COc1ccc(Br)cc1. The molecule has 102 valence electrons. The quantitative estimate of drug-likeness (QED) is 0.665. The van der Waals surface area contributed by atoms with Crippen LogP contribution in [0, 0.1) is 0 Å². The number of halogens is 1. The molecule has 2 aromatic rings. The third kappa shape index (κ3) is 4.24. The van der Waals surface area contributed by atoms with Gasteiger partial charge in [0.1, 0.15) is 11.5 Å². The van der Waals surface area contributed by atoms with E-state index in [1.54, 1.807) is 36.4 Å². The summed E-state index contributed by atoms with van der Waals surface area (Å²) in [6.45, 7) is -0.113. The Morgan fingerprint density at radius 2 is 1.75 bits per heavy atom. The van der Waals surface area contributed by atoms with Gasteiger partial charge in [0.25, 0.3) is 0 Å². The van der Waals surface area contributed by atoms with Crippen molar-refractivity contribution in [1.29, 1.82) is 0 Å². The zero-order valence-electron chi connectivity index (χ0n) is 10.6. The van der Waals surface area contributed by atoms with E-state index in [1.807, 2.05) is 18.2 Å². The Kier molecular flexibility index (Phi) is 4.96. The van der Waals surface area contributed by atoms with Crippen molar-refractivity contribution in [2.75, 3.05) is 6.61 Å². The molecule has 0 aliphatic rings. The van der Waals surface area contributed by atoms with E-state index in [9.17, 15) is 9.90 Å². The van der Waals surface area contributed by atoms with Crippen molar-refractivity contribution in [3.63, 3.8) is 0 Å². The predicted octanol–water partition coefficient (Wildman–Crippen LogP) is 4.00. The lowest BCUT2D eigenvalue weighted by atomic mass is 10.1. The minimum Gasteiger partial charge on any atom is -0.507 e. The van der Waals surface area contributed by atoms with Gasteiger partial charge in [0.15, 0.2) is 12.4 Å². The Morgan fingerprint density at radius 3 is 2.40 bits per heavy atom. The first-order chi connectivity index (χ1) is 9.65. The number of rotatable bonds is 5. The van der Waals surface area contributed by atoms with Crippen LogP contribution in [-0.2, 0) is 4.79 Å². The molecule has 0 aliphatic carbocycles. The molecule has 3 nitrogen and oxygen atoms in total. The molecule has 0 saturated heterocycles. The van der Waals surface area contributed by atoms with Gasteiger partial charge in [-0.05, 0) is 24.3 Å². The number of carbonyl (C=O) groups is 1. The van der Waals surface area contributed by atoms with Crippen molar-refractivity contribution < 1.29 is 14.6 Å². The molecule has 2 aromatic carbocycles. The van der Waals surface area contributed by atoms with Gasteiger partial charge in [0, 0.05) is 16.1 Å². The number of benzene rings is 2. The molecule has 2 rings (SSSR count). The fourth-order valence-electron chi connectivity index (χ4n) is 1.57. The molecule has 0 heterocycles. The molecule has 20 heavy (non-hydrogen) atoms. The summed E-state index contributed by atoms with van der Waals surface area (Å²) >= 11 is 3.32. The number of aliphatic hydroxyl groups is 1. The Hall–Kier alpha value is -2.07. The maximum absolute atomic E-state index is 11.7. The van der Waals surface area contributed by atoms with Gasteiger partial charge in [0.05, 0.1) is 0 Å². The van der Waals surface area contributed by atoms with Gasteiger partial charge in [-0.15, -0.1) is 0 Å². The molecule has 0 amide bonds. The van der Waals surface area contributed by atoms with Crippen LogP contribution < -0.4 is 4.74 Å². The largest absolute Gasteiger partial charge is 0.507 e. The van der Waals surface area contributed by atoms with Crippen molar-refractivity contribution in [1.82, 2.24) is 0 Å². The molecule has 1 N–H and O–H groups in total. The van der Waals surface area contributed by atoms with Crippen molar-refractivity contribution in [2.45, 2.75) is 0 Å². The first kappa shape index (κ1) is 14.3. The third-order valence-corrected chi connectivity index (χ3v) is 3.09. The average molecular weight is 333 g/mol. The Morgan fingerprint density at radius 1 is 1.10 bits per heavy atom. The molecule has 4 heteroatoms. The summed E-state index contributed by atoms with van der Waals surface area (Å²) in [5, 5.41) is 9.80. The predicted molar refractivity (Wildman–Crippen MR) is 81.7 cm³/mol.